The van der Waals surface area contributed by atoms with Crippen molar-refractivity contribution in [3.63, 3.8) is 0 Å². The highest BCUT2D eigenvalue weighted by Gasteiger charge is 1.92. The molecule has 0 aromatic heterocycles. The molecule has 2 rings (SSSR count). The van der Waals surface area contributed by atoms with Crippen LogP contribution in [0.4, 0.5) is 0 Å². The SMILES string of the molecule is O=C(O)/C=C/c1ccc(/C=N/Oc2ccccc2)cc1. The number of rotatable bonds is 5. The third kappa shape index (κ3) is 4.42. The van der Waals surface area contributed by atoms with Crippen LogP contribution in [0.25, 0.3) is 6.08 Å². The molecule has 4 heteroatoms. The van der Waals surface area contributed by atoms with Crippen LogP contribution in [0.2, 0.25) is 0 Å². The summed E-state index contributed by atoms with van der Waals surface area (Å²) in [4.78, 5) is 15.6. The summed E-state index contributed by atoms with van der Waals surface area (Å²) in [5.74, 6) is -0.295. The first-order chi connectivity index (χ1) is 9.74. The van der Waals surface area contributed by atoms with E-state index in [0.717, 1.165) is 17.2 Å². The molecule has 0 aliphatic rings. The summed E-state index contributed by atoms with van der Waals surface area (Å²) in [6.07, 6.45) is 4.23. The molecule has 2 aromatic rings. The number of carboxylic acids is 1. The predicted molar refractivity (Wildman–Crippen MR) is 77.8 cm³/mol. The van der Waals surface area contributed by atoms with Crippen molar-refractivity contribution in [2.24, 2.45) is 5.16 Å². The second-order valence-corrected chi connectivity index (χ2v) is 3.98. The summed E-state index contributed by atoms with van der Waals surface area (Å²) in [6, 6.07) is 16.6. The zero-order chi connectivity index (χ0) is 14.2. The minimum Gasteiger partial charge on any atom is -0.478 e. The highest BCUT2D eigenvalue weighted by Crippen LogP contribution is 2.09. The first-order valence-electron chi connectivity index (χ1n) is 6.00. The van der Waals surface area contributed by atoms with Gasteiger partial charge in [-0.2, -0.15) is 0 Å². The molecule has 0 amide bonds. The van der Waals surface area contributed by atoms with Gasteiger partial charge in [-0.1, -0.05) is 47.6 Å². The van der Waals surface area contributed by atoms with Crippen LogP contribution < -0.4 is 4.84 Å². The van der Waals surface area contributed by atoms with Gasteiger partial charge in [0.1, 0.15) is 0 Å². The second kappa shape index (κ2) is 6.89. The lowest BCUT2D eigenvalue weighted by Crippen LogP contribution is -1.88. The van der Waals surface area contributed by atoms with E-state index in [1.807, 2.05) is 54.6 Å². The fourth-order valence-electron chi connectivity index (χ4n) is 1.49. The summed E-state index contributed by atoms with van der Waals surface area (Å²) in [7, 11) is 0. The summed E-state index contributed by atoms with van der Waals surface area (Å²) >= 11 is 0. The number of hydrogen-bond donors (Lipinski definition) is 1. The third-order valence-corrected chi connectivity index (χ3v) is 2.46. The Balaban J connectivity index is 1.95. The average Bonchev–Trinajstić information content (AvgIpc) is 2.47. The quantitative estimate of drug-likeness (QED) is 0.514. The van der Waals surface area contributed by atoms with Gasteiger partial charge in [0.2, 0.25) is 0 Å². The molecule has 2 aromatic carbocycles. The van der Waals surface area contributed by atoms with Gasteiger partial charge >= 0.3 is 5.97 Å². The van der Waals surface area contributed by atoms with E-state index in [1.165, 1.54) is 6.08 Å². The van der Waals surface area contributed by atoms with Crippen LogP contribution in [0.3, 0.4) is 0 Å². The van der Waals surface area contributed by atoms with Gasteiger partial charge in [-0.3, -0.25) is 0 Å². The van der Waals surface area contributed by atoms with Crippen molar-refractivity contribution in [2.75, 3.05) is 0 Å². The molecule has 0 aliphatic carbocycles. The minimum absolute atomic E-state index is 0.671. The van der Waals surface area contributed by atoms with E-state index < -0.39 is 5.97 Å². The number of carboxylic acid groups (broad SMARTS) is 1. The van der Waals surface area contributed by atoms with Gasteiger partial charge in [0.05, 0.1) is 6.21 Å². The molecule has 0 heterocycles. The number of oxime groups is 1. The van der Waals surface area contributed by atoms with Crippen LogP contribution in [0, 0.1) is 0 Å². The Kier molecular flexibility index (Phi) is 4.67. The molecule has 0 bridgehead atoms. The lowest BCUT2D eigenvalue weighted by molar-refractivity contribution is -0.131. The van der Waals surface area contributed by atoms with Crippen LogP contribution in [0.15, 0.2) is 65.8 Å². The van der Waals surface area contributed by atoms with Gasteiger partial charge in [0.25, 0.3) is 0 Å². The highest BCUT2D eigenvalue weighted by molar-refractivity contribution is 5.85. The fourth-order valence-corrected chi connectivity index (χ4v) is 1.49. The van der Waals surface area contributed by atoms with Crippen molar-refractivity contribution < 1.29 is 14.7 Å². The van der Waals surface area contributed by atoms with Gasteiger partial charge in [-0.05, 0) is 29.3 Å². The van der Waals surface area contributed by atoms with Crippen LogP contribution in [-0.2, 0) is 4.79 Å². The topological polar surface area (TPSA) is 58.9 Å². The summed E-state index contributed by atoms with van der Waals surface area (Å²) in [6.45, 7) is 0. The van der Waals surface area contributed by atoms with E-state index in [9.17, 15) is 4.79 Å². The zero-order valence-corrected chi connectivity index (χ0v) is 10.6. The number of aliphatic carboxylic acids is 1. The Morgan fingerprint density at radius 1 is 1.00 bits per heavy atom. The summed E-state index contributed by atoms with van der Waals surface area (Å²) in [5.41, 5.74) is 1.68. The minimum atomic E-state index is -0.966. The molecule has 0 aliphatic heterocycles. The third-order valence-electron chi connectivity index (χ3n) is 2.46. The maximum Gasteiger partial charge on any atom is 0.328 e. The van der Waals surface area contributed by atoms with Gasteiger partial charge in [0.15, 0.2) is 5.75 Å². The maximum absolute atomic E-state index is 10.4. The van der Waals surface area contributed by atoms with Crippen LogP contribution in [0.5, 0.6) is 5.75 Å². The lowest BCUT2D eigenvalue weighted by atomic mass is 10.1. The smallest absolute Gasteiger partial charge is 0.328 e. The summed E-state index contributed by atoms with van der Waals surface area (Å²) in [5, 5.41) is 12.4. The molecule has 0 atom stereocenters. The van der Waals surface area contributed by atoms with Crippen molar-refractivity contribution in [2.45, 2.75) is 0 Å². The van der Waals surface area contributed by atoms with Crippen LogP contribution in [0.1, 0.15) is 11.1 Å². The molecule has 0 unspecified atom stereocenters. The van der Waals surface area contributed by atoms with Crippen LogP contribution >= 0.6 is 0 Å². The van der Waals surface area contributed by atoms with Crippen molar-refractivity contribution in [3.8, 4) is 5.75 Å². The number of nitrogens with zero attached hydrogens (tertiary/aromatic N) is 1. The fraction of sp³-hybridized carbons (Fsp3) is 0. The molecule has 1 N–H and O–H groups in total. The second-order valence-electron chi connectivity index (χ2n) is 3.98. The van der Waals surface area contributed by atoms with E-state index in [-0.39, 0.29) is 0 Å². The lowest BCUT2D eigenvalue weighted by Gasteiger charge is -1.97. The van der Waals surface area contributed by atoms with Gasteiger partial charge in [-0.25, -0.2) is 4.79 Å². The molecule has 100 valence electrons. The average molecular weight is 267 g/mol. The Morgan fingerprint density at radius 3 is 2.30 bits per heavy atom. The Hall–Kier alpha value is -2.88. The number of carbonyl (C=O) groups is 1. The van der Waals surface area contributed by atoms with Crippen molar-refractivity contribution >= 4 is 18.3 Å². The van der Waals surface area contributed by atoms with E-state index in [4.69, 9.17) is 9.94 Å². The van der Waals surface area contributed by atoms with Crippen molar-refractivity contribution in [1.82, 2.24) is 0 Å². The van der Waals surface area contributed by atoms with E-state index in [0.29, 0.717) is 5.75 Å². The van der Waals surface area contributed by atoms with Gasteiger partial charge in [0, 0.05) is 6.08 Å². The molecular formula is C16H13NO3. The molecular weight excluding hydrogens is 254 g/mol. The molecule has 0 saturated carbocycles. The molecule has 4 nitrogen and oxygen atoms in total. The first kappa shape index (κ1) is 13.5. The Bertz CT molecular complexity index is 616. The normalized spacial score (nSPS) is 11.0. The van der Waals surface area contributed by atoms with Crippen molar-refractivity contribution in [1.29, 1.82) is 0 Å². The highest BCUT2D eigenvalue weighted by atomic mass is 16.6. The number of hydrogen-bond acceptors (Lipinski definition) is 3. The summed E-state index contributed by atoms with van der Waals surface area (Å²) < 4.78 is 0. The molecule has 0 saturated heterocycles. The van der Waals surface area contributed by atoms with E-state index >= 15 is 0 Å². The van der Waals surface area contributed by atoms with Crippen molar-refractivity contribution in [3.05, 3.63) is 71.8 Å². The molecule has 0 spiro atoms. The monoisotopic (exact) mass is 267 g/mol. The number of benzene rings is 2. The van der Waals surface area contributed by atoms with Gasteiger partial charge < -0.3 is 9.94 Å². The largest absolute Gasteiger partial charge is 0.478 e. The Labute approximate surface area is 116 Å². The first-order valence-corrected chi connectivity index (χ1v) is 6.00. The standard InChI is InChI=1S/C16H13NO3/c18-16(19)11-10-13-6-8-14(9-7-13)12-17-20-15-4-2-1-3-5-15/h1-12H,(H,18,19)/b11-10+,17-12+. The van der Waals surface area contributed by atoms with Crippen LogP contribution in [-0.4, -0.2) is 17.3 Å². The van der Waals surface area contributed by atoms with E-state index in [1.54, 1.807) is 6.21 Å². The number of para-hydroxylation sites is 1. The van der Waals surface area contributed by atoms with E-state index in [2.05, 4.69) is 5.16 Å². The molecule has 0 radical (unpaired) electrons. The van der Waals surface area contributed by atoms with Gasteiger partial charge in [-0.15, -0.1) is 0 Å². The predicted octanol–water partition coefficient (Wildman–Crippen LogP) is 3.20. The molecule has 0 fully saturated rings. The molecule has 20 heavy (non-hydrogen) atoms. The zero-order valence-electron chi connectivity index (χ0n) is 10.6. The maximum atomic E-state index is 10.4. The Morgan fingerprint density at radius 2 is 1.65 bits per heavy atom.